The number of para-hydroxylation sites is 2. The van der Waals surface area contributed by atoms with Crippen molar-refractivity contribution in [1.82, 2.24) is 0 Å². The monoisotopic (exact) mass is 255 g/mol. The van der Waals surface area contributed by atoms with E-state index in [-0.39, 0.29) is 0 Å². The fourth-order valence-electron chi connectivity index (χ4n) is 1.73. The highest BCUT2D eigenvalue weighted by Crippen LogP contribution is 2.30. The predicted molar refractivity (Wildman–Crippen MR) is 62.6 cm³/mol. The summed E-state index contributed by atoms with van der Waals surface area (Å²) in [7, 11) is 0. The van der Waals surface area contributed by atoms with Gasteiger partial charge in [-0.25, -0.2) is 0 Å². The van der Waals surface area contributed by atoms with Crippen molar-refractivity contribution in [2.45, 2.75) is 6.42 Å². The minimum Gasteiger partial charge on any atom is -0.491 e. The molecule has 0 spiro atoms. The summed E-state index contributed by atoms with van der Waals surface area (Å²) in [6.07, 6.45) is 1.10. The SMILES string of the molecule is BrCCN1CCCOc2ccccc21. The van der Waals surface area contributed by atoms with Crippen molar-refractivity contribution < 1.29 is 4.74 Å². The van der Waals surface area contributed by atoms with E-state index in [0.29, 0.717) is 0 Å². The van der Waals surface area contributed by atoms with Gasteiger partial charge < -0.3 is 9.64 Å². The number of anilines is 1. The molecule has 0 fully saturated rings. The summed E-state index contributed by atoms with van der Waals surface area (Å²) >= 11 is 3.48. The fourth-order valence-corrected chi connectivity index (χ4v) is 2.16. The van der Waals surface area contributed by atoms with Crippen molar-refractivity contribution in [1.29, 1.82) is 0 Å². The summed E-state index contributed by atoms with van der Waals surface area (Å²) in [6, 6.07) is 8.26. The maximum absolute atomic E-state index is 5.67. The van der Waals surface area contributed by atoms with E-state index in [1.807, 2.05) is 12.1 Å². The average molecular weight is 256 g/mol. The van der Waals surface area contributed by atoms with Gasteiger partial charge in [0.15, 0.2) is 0 Å². The summed E-state index contributed by atoms with van der Waals surface area (Å²) in [5.41, 5.74) is 1.23. The van der Waals surface area contributed by atoms with Gasteiger partial charge in [0.2, 0.25) is 0 Å². The second-order valence-electron chi connectivity index (χ2n) is 3.35. The van der Waals surface area contributed by atoms with Crippen LogP contribution in [0.1, 0.15) is 6.42 Å². The average Bonchev–Trinajstić information content (AvgIpc) is 2.42. The second-order valence-corrected chi connectivity index (χ2v) is 4.14. The molecule has 0 N–H and O–H groups in total. The van der Waals surface area contributed by atoms with Crippen molar-refractivity contribution in [2.75, 3.05) is 29.9 Å². The molecular formula is C11H14BrNO. The largest absolute Gasteiger partial charge is 0.491 e. The number of alkyl halides is 1. The minimum absolute atomic E-state index is 0.829. The smallest absolute Gasteiger partial charge is 0.142 e. The predicted octanol–water partition coefficient (Wildman–Crippen LogP) is 2.67. The molecule has 0 atom stereocenters. The van der Waals surface area contributed by atoms with Gasteiger partial charge in [-0.3, -0.25) is 0 Å². The van der Waals surface area contributed by atoms with Crippen LogP contribution in [-0.2, 0) is 0 Å². The number of ether oxygens (including phenoxy) is 1. The molecule has 0 saturated carbocycles. The van der Waals surface area contributed by atoms with E-state index in [2.05, 4.69) is 33.0 Å². The number of hydrogen-bond acceptors (Lipinski definition) is 2. The molecule has 0 bridgehead atoms. The van der Waals surface area contributed by atoms with Crippen molar-refractivity contribution in [3.63, 3.8) is 0 Å². The zero-order valence-corrected chi connectivity index (χ0v) is 9.66. The molecule has 0 saturated heterocycles. The molecule has 1 aliphatic rings. The van der Waals surface area contributed by atoms with E-state index in [0.717, 1.165) is 37.2 Å². The molecule has 2 rings (SSSR count). The molecule has 0 amide bonds. The highest BCUT2D eigenvalue weighted by molar-refractivity contribution is 9.09. The van der Waals surface area contributed by atoms with Crippen LogP contribution in [0.15, 0.2) is 24.3 Å². The quantitative estimate of drug-likeness (QED) is 0.754. The Bertz CT molecular complexity index is 303. The van der Waals surface area contributed by atoms with Crippen LogP contribution < -0.4 is 9.64 Å². The van der Waals surface area contributed by atoms with E-state index in [1.54, 1.807) is 0 Å². The third-order valence-corrected chi connectivity index (χ3v) is 2.74. The van der Waals surface area contributed by atoms with Gasteiger partial charge in [-0.05, 0) is 18.6 Å². The van der Waals surface area contributed by atoms with Crippen LogP contribution in [-0.4, -0.2) is 25.0 Å². The molecule has 1 heterocycles. The Morgan fingerprint density at radius 3 is 3.07 bits per heavy atom. The van der Waals surface area contributed by atoms with Gasteiger partial charge in [-0.1, -0.05) is 28.1 Å². The van der Waals surface area contributed by atoms with Gasteiger partial charge in [-0.2, -0.15) is 0 Å². The molecule has 0 unspecified atom stereocenters. The van der Waals surface area contributed by atoms with Crippen LogP contribution >= 0.6 is 15.9 Å². The number of rotatable bonds is 2. The maximum atomic E-state index is 5.67. The van der Waals surface area contributed by atoms with Gasteiger partial charge in [0.1, 0.15) is 5.75 Å². The third-order valence-electron chi connectivity index (χ3n) is 2.39. The molecule has 0 radical (unpaired) electrons. The van der Waals surface area contributed by atoms with Crippen LogP contribution in [0.3, 0.4) is 0 Å². The normalized spacial score (nSPS) is 15.6. The minimum atomic E-state index is 0.829. The van der Waals surface area contributed by atoms with Crippen LogP contribution in [0.2, 0.25) is 0 Å². The molecule has 1 aromatic carbocycles. The van der Waals surface area contributed by atoms with Gasteiger partial charge >= 0.3 is 0 Å². The highest BCUT2D eigenvalue weighted by Gasteiger charge is 2.14. The molecule has 1 aromatic rings. The maximum Gasteiger partial charge on any atom is 0.142 e. The summed E-state index contributed by atoms with van der Waals surface area (Å²) in [5.74, 6) is 1.02. The topological polar surface area (TPSA) is 12.5 Å². The first-order valence-corrected chi connectivity index (χ1v) is 6.06. The number of benzene rings is 1. The molecule has 1 aliphatic heterocycles. The lowest BCUT2D eigenvalue weighted by Crippen LogP contribution is -2.25. The Labute approximate surface area is 93.0 Å². The Morgan fingerprint density at radius 1 is 1.36 bits per heavy atom. The van der Waals surface area contributed by atoms with E-state index < -0.39 is 0 Å². The molecule has 14 heavy (non-hydrogen) atoms. The first-order chi connectivity index (χ1) is 6.92. The van der Waals surface area contributed by atoms with Gasteiger partial charge in [-0.15, -0.1) is 0 Å². The highest BCUT2D eigenvalue weighted by atomic mass is 79.9. The lowest BCUT2D eigenvalue weighted by molar-refractivity contribution is 0.322. The van der Waals surface area contributed by atoms with Crippen LogP contribution in [0.25, 0.3) is 0 Å². The van der Waals surface area contributed by atoms with Crippen molar-refractivity contribution >= 4 is 21.6 Å². The van der Waals surface area contributed by atoms with E-state index in [1.165, 1.54) is 5.69 Å². The molecule has 0 aromatic heterocycles. The number of nitrogens with zero attached hydrogens (tertiary/aromatic N) is 1. The summed E-state index contributed by atoms with van der Waals surface area (Å²) in [4.78, 5) is 2.37. The van der Waals surface area contributed by atoms with E-state index in [9.17, 15) is 0 Å². The van der Waals surface area contributed by atoms with Crippen LogP contribution in [0.5, 0.6) is 5.75 Å². The summed E-state index contributed by atoms with van der Waals surface area (Å²) in [6.45, 7) is 2.96. The number of halogens is 1. The van der Waals surface area contributed by atoms with Gasteiger partial charge in [0, 0.05) is 18.4 Å². The van der Waals surface area contributed by atoms with Gasteiger partial charge in [0.25, 0.3) is 0 Å². The summed E-state index contributed by atoms with van der Waals surface area (Å²) in [5, 5.41) is 1.00. The first-order valence-electron chi connectivity index (χ1n) is 4.94. The zero-order chi connectivity index (χ0) is 9.80. The molecular weight excluding hydrogens is 242 g/mol. The van der Waals surface area contributed by atoms with Crippen LogP contribution in [0, 0.1) is 0 Å². The van der Waals surface area contributed by atoms with Crippen molar-refractivity contribution in [3.8, 4) is 5.75 Å². The number of fused-ring (bicyclic) bond motifs is 1. The Kier molecular flexibility index (Phi) is 3.30. The lowest BCUT2D eigenvalue weighted by Gasteiger charge is -2.22. The zero-order valence-electron chi connectivity index (χ0n) is 8.08. The number of hydrogen-bond donors (Lipinski definition) is 0. The third kappa shape index (κ3) is 2.03. The van der Waals surface area contributed by atoms with E-state index in [4.69, 9.17) is 4.74 Å². The lowest BCUT2D eigenvalue weighted by atomic mass is 10.2. The Balaban J connectivity index is 2.27. The van der Waals surface area contributed by atoms with Crippen LogP contribution in [0.4, 0.5) is 5.69 Å². The standard InChI is InChI=1S/C11H14BrNO/c12-6-8-13-7-3-9-14-11-5-2-1-4-10(11)13/h1-2,4-5H,3,6-9H2. The molecule has 3 heteroatoms. The Hall–Kier alpha value is -0.700. The fraction of sp³-hybridized carbons (Fsp3) is 0.455. The van der Waals surface area contributed by atoms with Gasteiger partial charge in [0.05, 0.1) is 12.3 Å². The molecule has 2 nitrogen and oxygen atoms in total. The van der Waals surface area contributed by atoms with Crippen molar-refractivity contribution in [3.05, 3.63) is 24.3 Å². The summed E-state index contributed by atoms with van der Waals surface area (Å²) < 4.78 is 5.67. The van der Waals surface area contributed by atoms with Crippen molar-refractivity contribution in [2.24, 2.45) is 0 Å². The first kappa shape index (κ1) is 9.84. The molecule has 76 valence electrons. The second kappa shape index (κ2) is 4.69. The Morgan fingerprint density at radius 2 is 2.21 bits per heavy atom. The van der Waals surface area contributed by atoms with E-state index >= 15 is 0 Å². The molecule has 0 aliphatic carbocycles.